The number of phenolic OH excluding ortho intramolecular Hbond substituents is 1. The molecule has 1 aliphatic rings. The third-order valence-corrected chi connectivity index (χ3v) is 4.45. The first-order valence-electron chi connectivity index (χ1n) is 7.04. The molecule has 0 saturated carbocycles. The van der Waals surface area contributed by atoms with Gasteiger partial charge in [0.15, 0.2) is 0 Å². The van der Waals surface area contributed by atoms with Crippen LogP contribution in [0.2, 0.25) is 5.02 Å². The zero-order chi connectivity index (χ0) is 13.8. The summed E-state index contributed by atoms with van der Waals surface area (Å²) >= 11 is 6.15. The van der Waals surface area contributed by atoms with Crippen molar-refractivity contribution in [2.45, 2.75) is 32.9 Å². The summed E-state index contributed by atoms with van der Waals surface area (Å²) in [4.78, 5) is 4.89. The molecule has 1 unspecified atom stereocenters. The summed E-state index contributed by atoms with van der Waals surface area (Å²) in [6.45, 7) is 9.53. The zero-order valence-corrected chi connectivity index (χ0v) is 12.5. The molecule has 0 spiro atoms. The highest BCUT2D eigenvalue weighted by molar-refractivity contribution is 6.31. The van der Waals surface area contributed by atoms with Crippen molar-refractivity contribution in [3.63, 3.8) is 0 Å². The number of aromatic hydroxyl groups is 1. The Morgan fingerprint density at radius 2 is 1.95 bits per heavy atom. The maximum absolute atomic E-state index is 9.88. The van der Waals surface area contributed by atoms with Crippen LogP contribution in [-0.4, -0.2) is 47.1 Å². The van der Waals surface area contributed by atoms with Crippen LogP contribution in [0.15, 0.2) is 18.2 Å². The Hall–Kier alpha value is -0.770. The fraction of sp³-hybridized carbons (Fsp3) is 0.600. The van der Waals surface area contributed by atoms with Gasteiger partial charge in [-0.05, 0) is 25.5 Å². The molecule has 4 heteroatoms. The molecule has 0 aromatic heterocycles. The number of benzene rings is 1. The Morgan fingerprint density at radius 1 is 1.26 bits per heavy atom. The van der Waals surface area contributed by atoms with E-state index in [1.165, 1.54) is 6.42 Å². The van der Waals surface area contributed by atoms with Crippen molar-refractivity contribution in [1.82, 2.24) is 9.80 Å². The maximum atomic E-state index is 9.88. The van der Waals surface area contributed by atoms with Gasteiger partial charge in [0.1, 0.15) is 5.75 Å². The summed E-state index contributed by atoms with van der Waals surface area (Å²) in [5.41, 5.74) is 0.848. The zero-order valence-electron chi connectivity index (χ0n) is 11.8. The lowest BCUT2D eigenvalue weighted by Crippen LogP contribution is -2.49. The lowest BCUT2D eigenvalue weighted by molar-refractivity contribution is 0.0959. The van der Waals surface area contributed by atoms with Crippen LogP contribution in [0.4, 0.5) is 0 Å². The second-order valence-electron chi connectivity index (χ2n) is 5.31. The minimum Gasteiger partial charge on any atom is -0.508 e. The van der Waals surface area contributed by atoms with E-state index in [-0.39, 0.29) is 0 Å². The summed E-state index contributed by atoms with van der Waals surface area (Å²) in [7, 11) is 0. The molecule has 1 heterocycles. The predicted octanol–water partition coefficient (Wildman–Crippen LogP) is 2.96. The molecule has 1 aromatic carbocycles. The Kier molecular flexibility index (Phi) is 5.08. The molecule has 1 N–H and O–H groups in total. The van der Waals surface area contributed by atoms with Crippen LogP contribution >= 0.6 is 11.6 Å². The van der Waals surface area contributed by atoms with Crippen molar-refractivity contribution < 1.29 is 5.11 Å². The smallest absolute Gasteiger partial charge is 0.121 e. The maximum Gasteiger partial charge on any atom is 0.121 e. The molecule has 0 amide bonds. The first-order chi connectivity index (χ1) is 9.11. The van der Waals surface area contributed by atoms with Crippen LogP contribution in [0, 0.1) is 0 Å². The van der Waals surface area contributed by atoms with E-state index >= 15 is 0 Å². The molecule has 0 radical (unpaired) electrons. The van der Waals surface area contributed by atoms with Gasteiger partial charge < -0.3 is 5.11 Å². The molecule has 1 aliphatic heterocycles. The number of phenols is 1. The second-order valence-corrected chi connectivity index (χ2v) is 5.71. The van der Waals surface area contributed by atoms with Crippen molar-refractivity contribution in [3.8, 4) is 5.75 Å². The number of halogens is 1. The molecule has 1 saturated heterocycles. The second kappa shape index (κ2) is 6.60. The summed E-state index contributed by atoms with van der Waals surface area (Å²) in [5.74, 6) is 0.303. The summed E-state index contributed by atoms with van der Waals surface area (Å²) < 4.78 is 0. The van der Waals surface area contributed by atoms with E-state index in [1.807, 2.05) is 6.07 Å². The van der Waals surface area contributed by atoms with Crippen molar-refractivity contribution in [2.75, 3.05) is 26.2 Å². The van der Waals surface area contributed by atoms with E-state index < -0.39 is 0 Å². The van der Waals surface area contributed by atoms with Crippen molar-refractivity contribution >= 4 is 11.6 Å². The van der Waals surface area contributed by atoms with Crippen LogP contribution in [-0.2, 0) is 6.54 Å². The molecule has 2 rings (SSSR count). The van der Waals surface area contributed by atoms with Crippen molar-refractivity contribution in [2.24, 2.45) is 0 Å². The van der Waals surface area contributed by atoms with Gasteiger partial charge in [-0.15, -0.1) is 0 Å². The highest BCUT2D eigenvalue weighted by Gasteiger charge is 2.21. The molecular formula is C15H23ClN2O. The summed E-state index contributed by atoms with van der Waals surface area (Å²) in [6.07, 6.45) is 1.20. The Labute approximate surface area is 120 Å². The lowest BCUT2D eigenvalue weighted by Gasteiger charge is -2.38. The van der Waals surface area contributed by atoms with Gasteiger partial charge in [-0.2, -0.15) is 0 Å². The molecule has 0 bridgehead atoms. The average molecular weight is 283 g/mol. The number of piperazine rings is 1. The monoisotopic (exact) mass is 282 g/mol. The van der Waals surface area contributed by atoms with Gasteiger partial charge in [0.05, 0.1) is 0 Å². The van der Waals surface area contributed by atoms with Crippen molar-refractivity contribution in [1.29, 1.82) is 0 Å². The summed E-state index contributed by atoms with van der Waals surface area (Å²) in [5, 5.41) is 10.5. The van der Waals surface area contributed by atoms with Crippen LogP contribution in [0.5, 0.6) is 5.75 Å². The van der Waals surface area contributed by atoms with Crippen LogP contribution in [0.25, 0.3) is 0 Å². The fourth-order valence-corrected chi connectivity index (χ4v) is 2.78. The van der Waals surface area contributed by atoms with Gasteiger partial charge in [0.2, 0.25) is 0 Å². The minimum atomic E-state index is 0.303. The van der Waals surface area contributed by atoms with E-state index in [0.717, 1.165) is 38.3 Å². The molecule has 3 nitrogen and oxygen atoms in total. The normalized spacial score (nSPS) is 19.5. The van der Waals surface area contributed by atoms with Gasteiger partial charge in [-0.1, -0.05) is 24.6 Å². The Morgan fingerprint density at radius 3 is 2.53 bits per heavy atom. The molecule has 1 atom stereocenters. The van der Waals surface area contributed by atoms with Crippen LogP contribution < -0.4 is 0 Å². The molecular weight excluding hydrogens is 260 g/mol. The largest absolute Gasteiger partial charge is 0.508 e. The molecule has 1 aromatic rings. The SMILES string of the molecule is CCC(C)N1CCN(Cc2c(O)cccc2Cl)CC1. The third-order valence-electron chi connectivity index (χ3n) is 4.10. The van der Waals surface area contributed by atoms with E-state index in [1.54, 1.807) is 12.1 Å². The minimum absolute atomic E-state index is 0.303. The number of hydrogen-bond donors (Lipinski definition) is 1. The standard InChI is InChI=1S/C15H23ClN2O/c1-3-12(2)18-9-7-17(8-10-18)11-13-14(16)5-4-6-15(13)19/h4-6,12,19H,3,7-11H2,1-2H3. The van der Waals surface area contributed by atoms with Gasteiger partial charge in [0, 0.05) is 49.4 Å². The predicted molar refractivity (Wildman–Crippen MR) is 79.7 cm³/mol. The quantitative estimate of drug-likeness (QED) is 0.920. The van der Waals surface area contributed by atoms with Gasteiger partial charge in [-0.25, -0.2) is 0 Å². The third kappa shape index (κ3) is 3.62. The number of hydrogen-bond acceptors (Lipinski definition) is 3. The summed E-state index contributed by atoms with van der Waals surface area (Å²) in [6, 6.07) is 5.99. The van der Waals surface area contributed by atoms with Crippen LogP contribution in [0.3, 0.4) is 0 Å². The van der Waals surface area contributed by atoms with E-state index in [4.69, 9.17) is 11.6 Å². The molecule has 1 fully saturated rings. The highest BCUT2D eigenvalue weighted by atomic mass is 35.5. The molecule has 0 aliphatic carbocycles. The first kappa shape index (κ1) is 14.6. The molecule has 106 valence electrons. The molecule has 19 heavy (non-hydrogen) atoms. The Bertz CT molecular complexity index is 396. The number of rotatable bonds is 4. The van der Waals surface area contributed by atoms with Crippen LogP contribution in [0.1, 0.15) is 25.8 Å². The lowest BCUT2D eigenvalue weighted by atomic mass is 10.1. The van der Waals surface area contributed by atoms with E-state index in [9.17, 15) is 5.11 Å². The van der Waals surface area contributed by atoms with E-state index in [2.05, 4.69) is 23.6 Å². The van der Waals surface area contributed by atoms with Gasteiger partial charge in [-0.3, -0.25) is 9.80 Å². The highest BCUT2D eigenvalue weighted by Crippen LogP contribution is 2.27. The fourth-order valence-electron chi connectivity index (χ4n) is 2.55. The Balaban J connectivity index is 1.92. The van der Waals surface area contributed by atoms with Gasteiger partial charge >= 0.3 is 0 Å². The van der Waals surface area contributed by atoms with Crippen molar-refractivity contribution in [3.05, 3.63) is 28.8 Å². The average Bonchev–Trinajstić information content (AvgIpc) is 2.43. The topological polar surface area (TPSA) is 26.7 Å². The number of nitrogens with zero attached hydrogens (tertiary/aromatic N) is 2. The first-order valence-corrected chi connectivity index (χ1v) is 7.42. The van der Waals surface area contributed by atoms with Gasteiger partial charge in [0.25, 0.3) is 0 Å². The van der Waals surface area contributed by atoms with E-state index in [0.29, 0.717) is 16.8 Å².